The van der Waals surface area contributed by atoms with Crippen molar-refractivity contribution >= 4 is 21.9 Å². The van der Waals surface area contributed by atoms with Gasteiger partial charge < -0.3 is 18.3 Å². The number of hydrogen-bond acceptors (Lipinski definition) is 4. The second kappa shape index (κ2) is 10.3. The molecule has 0 saturated heterocycles. The molecule has 0 amide bonds. The number of methoxy groups -OCH3 is 2. The standard InChI is InChI=1S/C38H30O4/c1-23-5-9-25(10-6-23)35-31-21-32-34(22-33(31)41-37(35)27-13-17-29(39-3)18-14-27)42-38(28-15-19-30(40-4)20-16-28)36(32)26-11-7-24(2)8-12-26/h5-22H,1-4H3. The van der Waals surface area contributed by atoms with Crippen LogP contribution in [0.4, 0.5) is 0 Å². The van der Waals surface area contributed by atoms with E-state index >= 15 is 0 Å². The molecule has 0 aliphatic rings. The highest BCUT2D eigenvalue weighted by atomic mass is 16.5. The van der Waals surface area contributed by atoms with Crippen LogP contribution in [-0.4, -0.2) is 14.2 Å². The summed E-state index contributed by atoms with van der Waals surface area (Å²) in [6.07, 6.45) is 0. The summed E-state index contributed by atoms with van der Waals surface area (Å²) in [4.78, 5) is 0. The fourth-order valence-electron chi connectivity index (χ4n) is 5.59. The molecular weight excluding hydrogens is 520 g/mol. The number of fused-ring (bicyclic) bond motifs is 2. The Morgan fingerprint density at radius 1 is 0.429 bits per heavy atom. The zero-order valence-corrected chi connectivity index (χ0v) is 24.0. The molecule has 0 radical (unpaired) electrons. The molecule has 7 aromatic rings. The summed E-state index contributed by atoms with van der Waals surface area (Å²) < 4.78 is 24.1. The van der Waals surface area contributed by atoms with Crippen LogP contribution in [0.2, 0.25) is 0 Å². The van der Waals surface area contributed by atoms with Crippen molar-refractivity contribution in [3.63, 3.8) is 0 Å². The van der Waals surface area contributed by atoms with E-state index in [-0.39, 0.29) is 0 Å². The van der Waals surface area contributed by atoms with Gasteiger partial charge in [0.25, 0.3) is 0 Å². The van der Waals surface area contributed by atoms with E-state index < -0.39 is 0 Å². The van der Waals surface area contributed by atoms with Crippen LogP contribution in [0.3, 0.4) is 0 Å². The maximum atomic E-state index is 6.64. The minimum absolute atomic E-state index is 0.773. The summed E-state index contributed by atoms with van der Waals surface area (Å²) in [5.74, 6) is 3.24. The second-order valence-electron chi connectivity index (χ2n) is 10.6. The average Bonchev–Trinajstić information content (AvgIpc) is 3.59. The van der Waals surface area contributed by atoms with Crippen LogP contribution < -0.4 is 9.47 Å². The van der Waals surface area contributed by atoms with Crippen molar-refractivity contribution in [2.24, 2.45) is 0 Å². The summed E-state index contributed by atoms with van der Waals surface area (Å²) in [7, 11) is 3.35. The van der Waals surface area contributed by atoms with Crippen molar-refractivity contribution < 1.29 is 18.3 Å². The maximum absolute atomic E-state index is 6.64. The van der Waals surface area contributed by atoms with Gasteiger partial charge in [0.05, 0.1) is 14.2 Å². The van der Waals surface area contributed by atoms with Crippen LogP contribution in [0.25, 0.3) is 66.8 Å². The fraction of sp³-hybridized carbons (Fsp3) is 0.105. The molecule has 5 aromatic carbocycles. The summed E-state index contributed by atoms with van der Waals surface area (Å²) in [6.45, 7) is 4.20. The third kappa shape index (κ3) is 4.42. The Morgan fingerprint density at radius 3 is 1.14 bits per heavy atom. The lowest BCUT2D eigenvalue weighted by atomic mass is 9.94. The normalized spacial score (nSPS) is 11.3. The first kappa shape index (κ1) is 25.7. The molecule has 0 aliphatic heterocycles. The number of furan rings is 2. The van der Waals surface area contributed by atoms with Crippen molar-refractivity contribution in [3.8, 4) is 56.4 Å². The van der Waals surface area contributed by atoms with Crippen LogP contribution in [0.15, 0.2) is 118 Å². The predicted molar refractivity (Wildman–Crippen MR) is 170 cm³/mol. The van der Waals surface area contributed by atoms with Crippen molar-refractivity contribution in [2.45, 2.75) is 13.8 Å². The van der Waals surface area contributed by atoms with Crippen LogP contribution in [0.1, 0.15) is 11.1 Å². The number of aryl methyl sites for hydroxylation is 2. The van der Waals surface area contributed by atoms with Crippen LogP contribution in [0.5, 0.6) is 11.5 Å². The molecule has 7 rings (SSSR count). The van der Waals surface area contributed by atoms with Crippen molar-refractivity contribution in [1.82, 2.24) is 0 Å². The van der Waals surface area contributed by atoms with Crippen molar-refractivity contribution in [1.29, 1.82) is 0 Å². The number of hydrogen-bond donors (Lipinski definition) is 0. The monoisotopic (exact) mass is 550 g/mol. The molecular formula is C38H30O4. The molecule has 0 atom stereocenters. The van der Waals surface area contributed by atoms with Crippen molar-refractivity contribution in [2.75, 3.05) is 14.2 Å². The fourth-order valence-corrected chi connectivity index (χ4v) is 5.59. The lowest BCUT2D eigenvalue weighted by Gasteiger charge is -2.07. The Hall–Kier alpha value is -5.22. The van der Waals surface area contributed by atoms with E-state index in [0.717, 1.165) is 78.3 Å². The molecule has 2 heterocycles. The lowest BCUT2D eigenvalue weighted by molar-refractivity contribution is 0.414. The zero-order valence-electron chi connectivity index (χ0n) is 24.0. The molecule has 0 unspecified atom stereocenters. The van der Waals surface area contributed by atoms with Crippen LogP contribution in [-0.2, 0) is 0 Å². The zero-order chi connectivity index (χ0) is 28.8. The van der Waals surface area contributed by atoms with Gasteiger partial charge in [0, 0.05) is 39.1 Å². The largest absolute Gasteiger partial charge is 0.497 e. The molecule has 0 bridgehead atoms. The predicted octanol–water partition coefficient (Wildman–Crippen LogP) is 10.5. The Kier molecular flexibility index (Phi) is 6.32. The van der Waals surface area contributed by atoms with Gasteiger partial charge >= 0.3 is 0 Å². The minimum atomic E-state index is 0.773. The van der Waals surface area contributed by atoms with Gasteiger partial charge in [0.1, 0.15) is 34.2 Å². The highest BCUT2D eigenvalue weighted by molar-refractivity contribution is 6.11. The Morgan fingerprint density at radius 2 is 0.786 bits per heavy atom. The SMILES string of the molecule is COc1ccc(-c2oc3cc4oc(-c5ccc(OC)cc5)c(-c5ccc(C)cc5)c4cc3c2-c2ccc(C)cc2)cc1. The topological polar surface area (TPSA) is 44.7 Å². The molecule has 0 spiro atoms. The first-order valence-corrected chi connectivity index (χ1v) is 14.0. The highest BCUT2D eigenvalue weighted by Crippen LogP contribution is 2.47. The number of rotatable bonds is 6. The summed E-state index contributed by atoms with van der Waals surface area (Å²) in [5.41, 5.74) is 10.2. The third-order valence-corrected chi connectivity index (χ3v) is 7.88. The van der Waals surface area contributed by atoms with Gasteiger partial charge in [-0.1, -0.05) is 59.7 Å². The minimum Gasteiger partial charge on any atom is -0.497 e. The van der Waals surface area contributed by atoms with Crippen LogP contribution >= 0.6 is 0 Å². The molecule has 0 fully saturated rings. The quantitative estimate of drug-likeness (QED) is 0.207. The molecule has 0 saturated carbocycles. The smallest absolute Gasteiger partial charge is 0.143 e. The second-order valence-corrected chi connectivity index (χ2v) is 10.6. The third-order valence-electron chi connectivity index (χ3n) is 7.88. The first-order valence-electron chi connectivity index (χ1n) is 14.0. The Labute approximate surface area is 244 Å². The molecule has 42 heavy (non-hydrogen) atoms. The maximum Gasteiger partial charge on any atom is 0.143 e. The summed E-state index contributed by atoms with van der Waals surface area (Å²) in [6, 6.07) is 37.5. The van der Waals surface area contributed by atoms with Gasteiger partial charge in [0.15, 0.2) is 0 Å². The summed E-state index contributed by atoms with van der Waals surface area (Å²) in [5, 5.41) is 2.07. The molecule has 4 nitrogen and oxygen atoms in total. The number of ether oxygens (including phenoxy) is 2. The van der Waals surface area contributed by atoms with Crippen LogP contribution in [0, 0.1) is 13.8 Å². The van der Waals surface area contributed by atoms with E-state index in [1.807, 2.05) is 54.6 Å². The first-order chi connectivity index (χ1) is 20.5. The molecule has 4 heteroatoms. The van der Waals surface area contributed by atoms with E-state index in [1.54, 1.807) is 14.2 Å². The van der Waals surface area contributed by atoms with E-state index in [1.165, 1.54) is 11.1 Å². The summed E-state index contributed by atoms with van der Waals surface area (Å²) >= 11 is 0. The van der Waals surface area contributed by atoms with Gasteiger partial charge in [-0.2, -0.15) is 0 Å². The van der Waals surface area contributed by atoms with E-state index in [4.69, 9.17) is 18.3 Å². The molecule has 2 aromatic heterocycles. The highest BCUT2D eigenvalue weighted by Gasteiger charge is 2.23. The van der Waals surface area contributed by atoms with E-state index in [9.17, 15) is 0 Å². The number of benzene rings is 5. The van der Waals surface area contributed by atoms with Gasteiger partial charge in [-0.05, 0) is 79.6 Å². The Balaban J connectivity index is 1.52. The Bertz CT molecular complexity index is 1880. The van der Waals surface area contributed by atoms with Gasteiger partial charge in [-0.3, -0.25) is 0 Å². The molecule has 206 valence electrons. The molecule has 0 N–H and O–H groups in total. The average molecular weight is 551 g/mol. The molecule has 0 aliphatic carbocycles. The van der Waals surface area contributed by atoms with Gasteiger partial charge in [0.2, 0.25) is 0 Å². The van der Waals surface area contributed by atoms with Gasteiger partial charge in [-0.15, -0.1) is 0 Å². The van der Waals surface area contributed by atoms with Crippen molar-refractivity contribution in [3.05, 3.63) is 120 Å². The van der Waals surface area contributed by atoms with Gasteiger partial charge in [-0.25, -0.2) is 0 Å². The van der Waals surface area contributed by atoms with E-state index in [2.05, 4.69) is 68.4 Å². The lowest BCUT2D eigenvalue weighted by Crippen LogP contribution is -1.85. The van der Waals surface area contributed by atoms with E-state index in [0.29, 0.717) is 0 Å².